The first-order valence-electron chi connectivity index (χ1n) is 11.2. The SMILES string of the molecule is CCC(=O)Nc1cncc(-c2ccc3[nH]nc(-c4cc5c(-n6cnc(C)c6)ccnc5[nH]4)c3n2)c1. The van der Waals surface area contributed by atoms with Crippen LogP contribution >= 0.6 is 0 Å². The molecule has 3 N–H and O–H groups in total. The second-order valence-corrected chi connectivity index (χ2v) is 8.23. The highest BCUT2D eigenvalue weighted by atomic mass is 16.1. The minimum Gasteiger partial charge on any atom is -0.338 e. The van der Waals surface area contributed by atoms with E-state index in [0.29, 0.717) is 17.8 Å². The van der Waals surface area contributed by atoms with Gasteiger partial charge in [0.15, 0.2) is 0 Å². The molecule has 0 aromatic carbocycles. The lowest BCUT2D eigenvalue weighted by molar-refractivity contribution is -0.115. The summed E-state index contributed by atoms with van der Waals surface area (Å²) >= 11 is 0. The van der Waals surface area contributed by atoms with E-state index in [1.165, 1.54) is 0 Å². The first-order valence-corrected chi connectivity index (χ1v) is 11.2. The number of nitrogens with one attached hydrogen (secondary N) is 3. The monoisotopic (exact) mass is 463 g/mol. The van der Waals surface area contributed by atoms with E-state index in [9.17, 15) is 4.79 Å². The van der Waals surface area contributed by atoms with Crippen LogP contribution < -0.4 is 5.32 Å². The number of rotatable bonds is 5. The lowest BCUT2D eigenvalue weighted by atomic mass is 10.1. The van der Waals surface area contributed by atoms with Crippen LogP contribution in [-0.4, -0.2) is 45.6 Å². The standard InChI is InChI=1S/C25H21N9O/c1-3-22(35)29-16-8-15(10-26-11-16)18-4-5-19-23(30-18)24(33-32-19)20-9-17-21(6-7-27-25(17)31-20)34-12-14(2)28-13-34/h4-13H,3H2,1-2H3,(H,27,31)(H,29,35)(H,32,33). The van der Waals surface area contributed by atoms with Crippen molar-refractivity contribution in [1.29, 1.82) is 0 Å². The molecule has 6 aromatic rings. The van der Waals surface area contributed by atoms with Crippen molar-refractivity contribution in [2.45, 2.75) is 20.3 Å². The molecule has 6 aromatic heterocycles. The second-order valence-electron chi connectivity index (χ2n) is 8.23. The third kappa shape index (κ3) is 3.70. The van der Waals surface area contributed by atoms with Gasteiger partial charge in [-0.05, 0) is 37.3 Å². The number of fused-ring (bicyclic) bond motifs is 2. The largest absolute Gasteiger partial charge is 0.338 e. The number of pyridine rings is 3. The quantitative estimate of drug-likeness (QED) is 0.347. The summed E-state index contributed by atoms with van der Waals surface area (Å²) < 4.78 is 1.98. The first-order chi connectivity index (χ1) is 17.1. The number of aryl methyl sites for hydroxylation is 1. The van der Waals surface area contributed by atoms with Crippen LogP contribution in [0.15, 0.2) is 61.4 Å². The number of hydrogen-bond donors (Lipinski definition) is 3. The molecule has 0 fully saturated rings. The average molecular weight is 464 g/mol. The van der Waals surface area contributed by atoms with Crippen molar-refractivity contribution in [3.63, 3.8) is 0 Å². The van der Waals surface area contributed by atoms with E-state index in [1.807, 2.05) is 54.9 Å². The summed E-state index contributed by atoms with van der Waals surface area (Å²) in [5.74, 6) is -0.0675. The lowest BCUT2D eigenvalue weighted by Gasteiger charge is -2.06. The number of hydrogen-bond acceptors (Lipinski definition) is 6. The summed E-state index contributed by atoms with van der Waals surface area (Å²) in [5.41, 5.74) is 7.84. The zero-order valence-electron chi connectivity index (χ0n) is 19.1. The molecule has 0 spiro atoms. The Hall–Kier alpha value is -4.86. The maximum absolute atomic E-state index is 11.8. The van der Waals surface area contributed by atoms with Crippen LogP contribution in [0.4, 0.5) is 5.69 Å². The minimum absolute atomic E-state index is 0.0675. The van der Waals surface area contributed by atoms with Crippen molar-refractivity contribution < 1.29 is 4.79 Å². The molecule has 0 unspecified atom stereocenters. The van der Waals surface area contributed by atoms with E-state index in [4.69, 9.17) is 4.98 Å². The second kappa shape index (κ2) is 8.17. The van der Waals surface area contributed by atoms with Crippen molar-refractivity contribution >= 4 is 33.7 Å². The third-order valence-corrected chi connectivity index (χ3v) is 5.80. The van der Waals surface area contributed by atoms with E-state index in [1.54, 1.807) is 24.9 Å². The molecule has 1 amide bonds. The van der Waals surface area contributed by atoms with Gasteiger partial charge in [0.25, 0.3) is 0 Å². The van der Waals surface area contributed by atoms with Crippen LogP contribution in [0.2, 0.25) is 0 Å². The molecule has 0 atom stereocenters. The van der Waals surface area contributed by atoms with Crippen LogP contribution in [0.25, 0.3) is 50.4 Å². The zero-order valence-corrected chi connectivity index (χ0v) is 19.1. The number of carbonyl (C=O) groups excluding carboxylic acids is 1. The molecular formula is C25H21N9O. The fourth-order valence-corrected chi connectivity index (χ4v) is 4.06. The molecule has 10 nitrogen and oxygen atoms in total. The fourth-order valence-electron chi connectivity index (χ4n) is 4.06. The predicted octanol–water partition coefficient (Wildman–Crippen LogP) is 4.41. The van der Waals surface area contributed by atoms with Crippen molar-refractivity contribution in [3.8, 4) is 28.3 Å². The smallest absolute Gasteiger partial charge is 0.224 e. The zero-order chi connectivity index (χ0) is 23.9. The van der Waals surface area contributed by atoms with Gasteiger partial charge in [0.1, 0.15) is 16.9 Å². The summed E-state index contributed by atoms with van der Waals surface area (Å²) in [5, 5.41) is 11.4. The maximum atomic E-state index is 11.8. The Kier molecular flexibility index (Phi) is 4.84. The normalized spacial score (nSPS) is 11.4. The third-order valence-electron chi connectivity index (χ3n) is 5.80. The number of H-pyrrole nitrogens is 2. The molecule has 0 saturated heterocycles. The predicted molar refractivity (Wildman–Crippen MR) is 133 cm³/mol. The minimum atomic E-state index is -0.0675. The number of aromatic nitrogens is 8. The molecule has 6 rings (SSSR count). The highest BCUT2D eigenvalue weighted by molar-refractivity contribution is 5.96. The highest BCUT2D eigenvalue weighted by Gasteiger charge is 2.16. The van der Waals surface area contributed by atoms with Gasteiger partial charge in [-0.15, -0.1) is 0 Å². The number of amides is 1. The number of carbonyl (C=O) groups is 1. The molecule has 35 heavy (non-hydrogen) atoms. The highest BCUT2D eigenvalue weighted by Crippen LogP contribution is 2.31. The number of imidazole rings is 1. The van der Waals surface area contributed by atoms with Crippen molar-refractivity contribution in [2.75, 3.05) is 5.32 Å². The molecule has 0 bridgehead atoms. The average Bonchev–Trinajstić information content (AvgIpc) is 3.61. The number of nitrogens with zero attached hydrogens (tertiary/aromatic N) is 6. The molecule has 10 heteroatoms. The Balaban J connectivity index is 1.43. The molecule has 6 heterocycles. The van der Waals surface area contributed by atoms with Crippen LogP contribution in [0, 0.1) is 6.92 Å². The Morgan fingerprint density at radius 3 is 2.89 bits per heavy atom. The Morgan fingerprint density at radius 1 is 1.14 bits per heavy atom. The van der Waals surface area contributed by atoms with E-state index in [-0.39, 0.29) is 5.91 Å². The summed E-state index contributed by atoms with van der Waals surface area (Å²) in [4.78, 5) is 33.1. The molecule has 0 aliphatic carbocycles. The van der Waals surface area contributed by atoms with Gasteiger partial charge < -0.3 is 14.9 Å². The lowest BCUT2D eigenvalue weighted by Crippen LogP contribution is -2.09. The molecule has 0 aliphatic rings. The topological polar surface area (TPSA) is 130 Å². The van der Waals surface area contributed by atoms with Crippen molar-refractivity contribution in [2.24, 2.45) is 0 Å². The van der Waals surface area contributed by atoms with E-state index in [2.05, 4.69) is 35.5 Å². The van der Waals surface area contributed by atoms with Gasteiger partial charge in [-0.3, -0.25) is 14.9 Å². The molecule has 172 valence electrons. The molecular weight excluding hydrogens is 442 g/mol. The van der Waals surface area contributed by atoms with E-state index < -0.39 is 0 Å². The number of anilines is 1. The summed E-state index contributed by atoms with van der Waals surface area (Å²) in [6.07, 6.45) is 9.28. The molecule has 0 aliphatic heterocycles. The van der Waals surface area contributed by atoms with Crippen LogP contribution in [0.5, 0.6) is 0 Å². The first kappa shape index (κ1) is 20.7. The van der Waals surface area contributed by atoms with Gasteiger partial charge in [-0.2, -0.15) is 5.10 Å². The summed E-state index contributed by atoms with van der Waals surface area (Å²) in [6.45, 7) is 3.76. The summed E-state index contributed by atoms with van der Waals surface area (Å²) in [6, 6.07) is 9.68. The van der Waals surface area contributed by atoms with Crippen molar-refractivity contribution in [1.82, 2.24) is 39.7 Å². The maximum Gasteiger partial charge on any atom is 0.224 e. The van der Waals surface area contributed by atoms with Gasteiger partial charge in [0.2, 0.25) is 5.91 Å². The van der Waals surface area contributed by atoms with E-state index >= 15 is 0 Å². The van der Waals surface area contributed by atoms with E-state index in [0.717, 1.165) is 50.4 Å². The van der Waals surface area contributed by atoms with Crippen LogP contribution in [0.3, 0.4) is 0 Å². The van der Waals surface area contributed by atoms with Gasteiger partial charge in [0, 0.05) is 36.0 Å². The van der Waals surface area contributed by atoms with Crippen molar-refractivity contribution in [3.05, 3.63) is 67.1 Å². The number of aromatic amines is 2. The van der Waals surface area contributed by atoms with Crippen LogP contribution in [-0.2, 0) is 4.79 Å². The van der Waals surface area contributed by atoms with Gasteiger partial charge in [-0.25, -0.2) is 15.0 Å². The Bertz CT molecular complexity index is 1710. The molecule has 0 saturated carbocycles. The van der Waals surface area contributed by atoms with Gasteiger partial charge >= 0.3 is 0 Å². The Labute approximate surface area is 199 Å². The van der Waals surface area contributed by atoms with Gasteiger partial charge in [-0.1, -0.05) is 6.92 Å². The summed E-state index contributed by atoms with van der Waals surface area (Å²) in [7, 11) is 0. The molecule has 0 radical (unpaired) electrons. The Morgan fingerprint density at radius 2 is 2.06 bits per heavy atom. The van der Waals surface area contributed by atoms with Crippen LogP contribution in [0.1, 0.15) is 19.0 Å². The fraction of sp³-hybridized carbons (Fsp3) is 0.120. The van der Waals surface area contributed by atoms with Gasteiger partial charge in [0.05, 0.1) is 46.5 Å².